The van der Waals surface area contributed by atoms with E-state index in [1.807, 2.05) is 65.7 Å². The van der Waals surface area contributed by atoms with Gasteiger partial charge in [-0.1, -0.05) is 36.4 Å². The van der Waals surface area contributed by atoms with E-state index in [9.17, 15) is 4.79 Å². The Hall–Kier alpha value is -4.59. The molecule has 4 aromatic rings. The first-order valence-corrected chi connectivity index (χ1v) is 9.49. The predicted octanol–water partition coefficient (Wildman–Crippen LogP) is 4.67. The number of hydrazine groups is 1. The van der Waals surface area contributed by atoms with Crippen molar-refractivity contribution in [3.8, 4) is 0 Å². The molecule has 0 unspecified atom stereocenters. The average Bonchev–Trinajstić information content (AvgIpc) is 2.81. The molecule has 0 spiro atoms. The average molecular weight is 412 g/mol. The van der Waals surface area contributed by atoms with Gasteiger partial charge in [-0.15, -0.1) is 0 Å². The summed E-state index contributed by atoms with van der Waals surface area (Å²) in [7, 11) is 0. The second-order valence-corrected chi connectivity index (χ2v) is 6.61. The molecule has 0 saturated carbocycles. The van der Waals surface area contributed by atoms with Gasteiger partial charge in [-0.3, -0.25) is 10.4 Å². The third-order valence-corrected chi connectivity index (χ3v) is 4.52. The topological polar surface area (TPSA) is 116 Å². The Kier molecular flexibility index (Phi) is 5.62. The number of aromatic nitrogens is 2. The molecule has 3 aromatic carbocycles. The standard InChI is InChI=1S/C23H20N6O2/c24-20-21(27-17-13-11-16(12-14-17)23(30)31)25-15-26-22(20)28-29(18-7-3-1-4-8-18)19-9-5-2-6-10-19/h1-15H,24H2,(H,30,31)(H2,25,26,27,28). The number of carbonyl (C=O) groups is 1. The number of nitrogen functional groups attached to an aromatic ring is 1. The highest BCUT2D eigenvalue weighted by molar-refractivity contribution is 5.88. The van der Waals surface area contributed by atoms with Crippen LogP contribution in [0.2, 0.25) is 0 Å². The van der Waals surface area contributed by atoms with Crippen LogP contribution < -0.4 is 21.5 Å². The van der Waals surface area contributed by atoms with Crippen LogP contribution in [0.1, 0.15) is 10.4 Å². The molecule has 0 fully saturated rings. The minimum absolute atomic E-state index is 0.199. The van der Waals surface area contributed by atoms with E-state index in [2.05, 4.69) is 20.7 Å². The quantitative estimate of drug-likeness (QED) is 0.324. The van der Waals surface area contributed by atoms with Crippen molar-refractivity contribution in [2.24, 2.45) is 0 Å². The number of para-hydroxylation sites is 2. The van der Waals surface area contributed by atoms with E-state index in [0.29, 0.717) is 23.0 Å². The number of carboxylic acid groups (broad SMARTS) is 1. The van der Waals surface area contributed by atoms with Crippen LogP contribution in [-0.4, -0.2) is 21.0 Å². The maximum Gasteiger partial charge on any atom is 0.335 e. The molecule has 0 aliphatic carbocycles. The number of benzene rings is 3. The predicted molar refractivity (Wildman–Crippen MR) is 122 cm³/mol. The van der Waals surface area contributed by atoms with Crippen molar-refractivity contribution >= 4 is 40.4 Å². The Morgan fingerprint density at radius 3 is 1.90 bits per heavy atom. The van der Waals surface area contributed by atoms with Crippen LogP contribution in [0.4, 0.5) is 34.4 Å². The van der Waals surface area contributed by atoms with E-state index in [1.165, 1.54) is 18.5 Å². The molecule has 1 heterocycles. The fraction of sp³-hybridized carbons (Fsp3) is 0. The monoisotopic (exact) mass is 412 g/mol. The first-order chi connectivity index (χ1) is 15.1. The molecule has 0 saturated heterocycles. The minimum atomic E-state index is -0.985. The first-order valence-electron chi connectivity index (χ1n) is 9.49. The van der Waals surface area contributed by atoms with Crippen LogP contribution >= 0.6 is 0 Å². The molecule has 0 aliphatic heterocycles. The number of nitrogens with zero attached hydrogens (tertiary/aromatic N) is 3. The summed E-state index contributed by atoms with van der Waals surface area (Å²) in [5.41, 5.74) is 12.6. The summed E-state index contributed by atoms with van der Waals surface area (Å²) >= 11 is 0. The van der Waals surface area contributed by atoms with E-state index in [4.69, 9.17) is 10.8 Å². The molecule has 0 radical (unpaired) electrons. The lowest BCUT2D eigenvalue weighted by Gasteiger charge is -2.26. The molecule has 1 aromatic heterocycles. The maximum atomic E-state index is 11.0. The highest BCUT2D eigenvalue weighted by Crippen LogP contribution is 2.30. The number of hydrogen-bond donors (Lipinski definition) is 4. The van der Waals surface area contributed by atoms with Crippen LogP contribution in [0.15, 0.2) is 91.3 Å². The van der Waals surface area contributed by atoms with Gasteiger partial charge in [-0.25, -0.2) is 14.8 Å². The number of carboxylic acids is 1. The Morgan fingerprint density at radius 1 is 0.806 bits per heavy atom. The molecule has 0 aliphatic rings. The summed E-state index contributed by atoms with van der Waals surface area (Å²) in [6.07, 6.45) is 1.40. The molecular formula is C23H20N6O2. The van der Waals surface area contributed by atoms with Gasteiger partial charge in [0.25, 0.3) is 0 Å². The van der Waals surface area contributed by atoms with E-state index < -0.39 is 5.97 Å². The zero-order valence-corrected chi connectivity index (χ0v) is 16.4. The third-order valence-electron chi connectivity index (χ3n) is 4.52. The van der Waals surface area contributed by atoms with Gasteiger partial charge in [0, 0.05) is 5.69 Å². The van der Waals surface area contributed by atoms with Crippen LogP contribution in [0.3, 0.4) is 0 Å². The van der Waals surface area contributed by atoms with Crippen LogP contribution in [-0.2, 0) is 0 Å². The normalized spacial score (nSPS) is 10.3. The van der Waals surface area contributed by atoms with Crippen molar-refractivity contribution in [2.45, 2.75) is 0 Å². The zero-order chi connectivity index (χ0) is 21.6. The van der Waals surface area contributed by atoms with Gasteiger partial charge in [0.2, 0.25) is 0 Å². The van der Waals surface area contributed by atoms with Crippen LogP contribution in [0.25, 0.3) is 0 Å². The lowest BCUT2D eigenvalue weighted by atomic mass is 10.2. The number of aromatic carboxylic acids is 1. The number of rotatable bonds is 7. The highest BCUT2D eigenvalue weighted by Gasteiger charge is 2.14. The van der Waals surface area contributed by atoms with Gasteiger partial charge in [0.15, 0.2) is 11.6 Å². The number of anilines is 6. The van der Waals surface area contributed by atoms with Crippen molar-refractivity contribution in [2.75, 3.05) is 21.5 Å². The zero-order valence-electron chi connectivity index (χ0n) is 16.4. The SMILES string of the molecule is Nc1c(Nc2ccc(C(=O)O)cc2)ncnc1NN(c1ccccc1)c1ccccc1. The molecule has 4 rings (SSSR count). The molecule has 8 nitrogen and oxygen atoms in total. The summed E-state index contributed by atoms with van der Waals surface area (Å²) in [4.78, 5) is 19.6. The summed E-state index contributed by atoms with van der Waals surface area (Å²) in [5.74, 6) is -0.157. The first kappa shape index (κ1) is 19.7. The van der Waals surface area contributed by atoms with Crippen molar-refractivity contribution in [1.29, 1.82) is 0 Å². The Morgan fingerprint density at radius 2 is 1.35 bits per heavy atom. The fourth-order valence-corrected chi connectivity index (χ4v) is 2.96. The lowest BCUT2D eigenvalue weighted by molar-refractivity contribution is 0.0697. The molecule has 0 atom stereocenters. The van der Waals surface area contributed by atoms with Gasteiger partial charge < -0.3 is 16.2 Å². The van der Waals surface area contributed by atoms with Crippen molar-refractivity contribution < 1.29 is 9.90 Å². The summed E-state index contributed by atoms with van der Waals surface area (Å²) in [5, 5.41) is 14.0. The smallest absolute Gasteiger partial charge is 0.335 e. The lowest BCUT2D eigenvalue weighted by Crippen LogP contribution is -2.26. The largest absolute Gasteiger partial charge is 0.478 e. The molecule has 154 valence electrons. The molecule has 31 heavy (non-hydrogen) atoms. The molecule has 5 N–H and O–H groups in total. The summed E-state index contributed by atoms with van der Waals surface area (Å²) < 4.78 is 0. The van der Waals surface area contributed by atoms with E-state index in [1.54, 1.807) is 12.1 Å². The number of nitrogens with two attached hydrogens (primary N) is 1. The summed E-state index contributed by atoms with van der Waals surface area (Å²) in [6.45, 7) is 0. The van der Waals surface area contributed by atoms with Gasteiger partial charge in [0.1, 0.15) is 12.0 Å². The molecule has 8 heteroatoms. The van der Waals surface area contributed by atoms with Crippen molar-refractivity contribution in [3.63, 3.8) is 0 Å². The van der Waals surface area contributed by atoms with Crippen LogP contribution in [0.5, 0.6) is 0 Å². The Bertz CT molecular complexity index is 1130. The van der Waals surface area contributed by atoms with E-state index in [0.717, 1.165) is 11.4 Å². The number of nitrogens with one attached hydrogen (secondary N) is 2. The molecular weight excluding hydrogens is 392 g/mol. The van der Waals surface area contributed by atoms with Gasteiger partial charge in [-0.2, -0.15) is 0 Å². The van der Waals surface area contributed by atoms with E-state index >= 15 is 0 Å². The third kappa shape index (κ3) is 4.54. The highest BCUT2D eigenvalue weighted by atomic mass is 16.4. The molecule has 0 amide bonds. The molecule has 0 bridgehead atoms. The second-order valence-electron chi connectivity index (χ2n) is 6.61. The van der Waals surface area contributed by atoms with Gasteiger partial charge >= 0.3 is 5.97 Å². The van der Waals surface area contributed by atoms with E-state index in [-0.39, 0.29) is 5.56 Å². The van der Waals surface area contributed by atoms with Crippen molar-refractivity contribution in [3.05, 3.63) is 96.8 Å². The van der Waals surface area contributed by atoms with Gasteiger partial charge in [-0.05, 0) is 48.5 Å². The Labute approximate surface area is 179 Å². The minimum Gasteiger partial charge on any atom is -0.478 e. The van der Waals surface area contributed by atoms with Gasteiger partial charge in [0.05, 0.1) is 16.9 Å². The Balaban J connectivity index is 1.62. The fourth-order valence-electron chi connectivity index (χ4n) is 2.96. The van der Waals surface area contributed by atoms with Crippen LogP contribution in [0, 0.1) is 0 Å². The number of hydrogen-bond acceptors (Lipinski definition) is 7. The summed E-state index contributed by atoms with van der Waals surface area (Å²) in [6, 6.07) is 25.9. The maximum absolute atomic E-state index is 11.0. The van der Waals surface area contributed by atoms with Crippen molar-refractivity contribution in [1.82, 2.24) is 9.97 Å². The second kappa shape index (κ2) is 8.83.